The highest BCUT2D eigenvalue weighted by atomic mass is 19.2. The lowest BCUT2D eigenvalue weighted by atomic mass is 10.0. The Balaban J connectivity index is 2.99. The number of aliphatic hydroxyl groups excluding tert-OH is 2. The zero-order chi connectivity index (χ0) is 13.0. The van der Waals surface area contributed by atoms with Gasteiger partial charge in [-0.15, -0.1) is 0 Å². The van der Waals surface area contributed by atoms with Crippen molar-refractivity contribution in [1.82, 2.24) is 0 Å². The van der Waals surface area contributed by atoms with Crippen molar-refractivity contribution in [2.75, 3.05) is 12.3 Å². The topological polar surface area (TPSA) is 115 Å². The molecular weight excluding hydrogens is 234 g/mol. The number of rotatable bonds is 4. The number of nitrogens with two attached hydrogens (primary N) is 1. The first-order valence-electron chi connectivity index (χ1n) is 4.58. The zero-order valence-corrected chi connectivity index (χ0v) is 8.59. The molecule has 1 rings (SSSR count). The number of benzene rings is 1. The molecule has 0 saturated carbocycles. The largest absolute Gasteiger partial charge is 0.398 e. The standard InChI is InChI=1S/C9H10F2N4O2/c10-5-1-4(7(12)2-6(5)11)9(17)8(16)3-14-15-13/h1-2,8-9,16-17H,3,12H2. The lowest BCUT2D eigenvalue weighted by Crippen LogP contribution is -2.22. The SMILES string of the molecule is [N-]=[N+]=NCC(O)C(O)c1cc(F)c(F)cc1N. The molecule has 4 N–H and O–H groups in total. The van der Waals surface area contributed by atoms with Crippen LogP contribution in [0.4, 0.5) is 14.5 Å². The van der Waals surface area contributed by atoms with Crippen molar-refractivity contribution in [3.63, 3.8) is 0 Å². The molecule has 92 valence electrons. The van der Waals surface area contributed by atoms with Gasteiger partial charge in [0.1, 0.15) is 6.10 Å². The lowest BCUT2D eigenvalue weighted by molar-refractivity contribution is 0.0246. The average molecular weight is 244 g/mol. The van der Waals surface area contributed by atoms with Crippen LogP contribution in [-0.2, 0) is 0 Å². The molecule has 8 heteroatoms. The van der Waals surface area contributed by atoms with Gasteiger partial charge in [0.15, 0.2) is 11.6 Å². The number of hydrogen-bond donors (Lipinski definition) is 3. The summed E-state index contributed by atoms with van der Waals surface area (Å²) in [7, 11) is 0. The average Bonchev–Trinajstić information content (AvgIpc) is 2.29. The number of halogens is 2. The van der Waals surface area contributed by atoms with E-state index in [9.17, 15) is 19.0 Å². The first kappa shape index (κ1) is 13.2. The molecule has 1 aromatic carbocycles. The Morgan fingerprint density at radius 1 is 1.35 bits per heavy atom. The molecule has 0 amide bonds. The first-order valence-corrected chi connectivity index (χ1v) is 4.58. The predicted octanol–water partition coefficient (Wildman–Crippen LogP) is 1.25. The molecule has 0 heterocycles. The van der Waals surface area contributed by atoms with E-state index in [-0.39, 0.29) is 11.3 Å². The molecule has 0 aromatic heterocycles. The summed E-state index contributed by atoms with van der Waals surface area (Å²) in [6.45, 7) is -0.407. The second kappa shape index (κ2) is 5.44. The van der Waals surface area contributed by atoms with Gasteiger partial charge in [0, 0.05) is 22.2 Å². The van der Waals surface area contributed by atoms with Crippen LogP contribution in [0.3, 0.4) is 0 Å². The lowest BCUT2D eigenvalue weighted by Gasteiger charge is -2.18. The molecule has 2 atom stereocenters. The molecule has 0 fully saturated rings. The molecule has 0 aliphatic carbocycles. The van der Waals surface area contributed by atoms with Crippen molar-refractivity contribution in [3.8, 4) is 0 Å². The summed E-state index contributed by atoms with van der Waals surface area (Å²) in [4.78, 5) is 2.39. The molecule has 0 radical (unpaired) electrons. The van der Waals surface area contributed by atoms with E-state index in [1.165, 1.54) is 0 Å². The third kappa shape index (κ3) is 3.04. The summed E-state index contributed by atoms with van der Waals surface area (Å²) in [5, 5.41) is 22.1. The first-order chi connectivity index (χ1) is 7.97. The minimum atomic E-state index is -1.56. The molecule has 17 heavy (non-hydrogen) atoms. The Morgan fingerprint density at radius 3 is 2.53 bits per heavy atom. The fourth-order valence-corrected chi connectivity index (χ4v) is 1.26. The van der Waals surface area contributed by atoms with Gasteiger partial charge in [-0.1, -0.05) is 5.11 Å². The van der Waals surface area contributed by atoms with Gasteiger partial charge in [-0.3, -0.25) is 0 Å². The maximum atomic E-state index is 12.9. The molecule has 1 aromatic rings. The monoisotopic (exact) mass is 244 g/mol. The highest BCUT2D eigenvalue weighted by molar-refractivity contribution is 5.48. The van der Waals surface area contributed by atoms with Crippen molar-refractivity contribution in [2.24, 2.45) is 5.11 Å². The smallest absolute Gasteiger partial charge is 0.160 e. The second-order valence-corrected chi connectivity index (χ2v) is 3.32. The Hall–Kier alpha value is -1.89. The Labute approximate surface area is 94.9 Å². The van der Waals surface area contributed by atoms with E-state index in [1.54, 1.807) is 0 Å². The van der Waals surface area contributed by atoms with E-state index in [0.717, 1.165) is 0 Å². The van der Waals surface area contributed by atoms with E-state index in [4.69, 9.17) is 11.3 Å². The Kier molecular flexibility index (Phi) is 4.22. The third-order valence-corrected chi connectivity index (χ3v) is 2.14. The third-order valence-electron chi connectivity index (χ3n) is 2.14. The molecule has 0 spiro atoms. The van der Waals surface area contributed by atoms with Crippen LogP contribution < -0.4 is 5.73 Å². The molecule has 0 bridgehead atoms. The summed E-state index contributed by atoms with van der Waals surface area (Å²) >= 11 is 0. The van der Waals surface area contributed by atoms with Crippen LogP contribution >= 0.6 is 0 Å². The summed E-state index contributed by atoms with van der Waals surface area (Å²) < 4.78 is 25.7. The van der Waals surface area contributed by atoms with E-state index >= 15 is 0 Å². The van der Waals surface area contributed by atoms with Crippen molar-refractivity contribution in [3.05, 3.63) is 39.8 Å². The van der Waals surface area contributed by atoms with Gasteiger partial charge in [0.05, 0.1) is 12.6 Å². The van der Waals surface area contributed by atoms with Crippen molar-refractivity contribution in [2.45, 2.75) is 12.2 Å². The quantitative estimate of drug-likeness (QED) is 0.320. The molecule has 0 aliphatic rings. The Morgan fingerprint density at radius 2 is 1.94 bits per heavy atom. The van der Waals surface area contributed by atoms with E-state index in [2.05, 4.69) is 10.0 Å². The van der Waals surface area contributed by atoms with Crippen LogP contribution in [0.1, 0.15) is 11.7 Å². The second-order valence-electron chi connectivity index (χ2n) is 3.32. The number of azide groups is 1. The van der Waals surface area contributed by atoms with Crippen LogP contribution in [0.2, 0.25) is 0 Å². The predicted molar refractivity (Wildman–Crippen MR) is 55.8 cm³/mol. The fourth-order valence-electron chi connectivity index (χ4n) is 1.26. The van der Waals surface area contributed by atoms with Crippen molar-refractivity contribution < 1.29 is 19.0 Å². The van der Waals surface area contributed by atoms with E-state index < -0.39 is 30.4 Å². The highest BCUT2D eigenvalue weighted by Gasteiger charge is 2.21. The number of nitrogen functional groups attached to an aromatic ring is 1. The Bertz CT molecular complexity index is 463. The minimum Gasteiger partial charge on any atom is -0.398 e. The summed E-state index contributed by atoms with van der Waals surface area (Å²) in [6, 6.07) is 1.39. The maximum Gasteiger partial charge on any atom is 0.160 e. The summed E-state index contributed by atoms with van der Waals surface area (Å²) in [6.07, 6.45) is -3.01. The van der Waals surface area contributed by atoms with Gasteiger partial charge in [0.25, 0.3) is 0 Å². The van der Waals surface area contributed by atoms with Gasteiger partial charge in [-0.05, 0) is 11.6 Å². The van der Waals surface area contributed by atoms with Gasteiger partial charge in [-0.2, -0.15) is 0 Å². The number of hydrogen-bond acceptors (Lipinski definition) is 4. The maximum absolute atomic E-state index is 12.9. The summed E-state index contributed by atoms with van der Waals surface area (Å²) in [5.74, 6) is -2.34. The van der Waals surface area contributed by atoms with Gasteiger partial charge in [0.2, 0.25) is 0 Å². The summed E-state index contributed by atoms with van der Waals surface area (Å²) in [5.41, 5.74) is 13.1. The zero-order valence-electron chi connectivity index (χ0n) is 8.59. The fraction of sp³-hybridized carbons (Fsp3) is 0.333. The molecule has 6 nitrogen and oxygen atoms in total. The number of aliphatic hydroxyl groups is 2. The normalized spacial score (nSPS) is 13.9. The van der Waals surface area contributed by atoms with Gasteiger partial charge < -0.3 is 15.9 Å². The van der Waals surface area contributed by atoms with E-state index in [0.29, 0.717) is 12.1 Å². The minimum absolute atomic E-state index is 0.162. The molecule has 2 unspecified atom stereocenters. The van der Waals surface area contributed by atoms with Crippen molar-refractivity contribution >= 4 is 5.69 Å². The molecule has 0 saturated heterocycles. The molecular formula is C9H10F2N4O2. The van der Waals surface area contributed by atoms with Crippen molar-refractivity contribution in [1.29, 1.82) is 0 Å². The van der Waals surface area contributed by atoms with Crippen LogP contribution in [0.5, 0.6) is 0 Å². The number of anilines is 1. The van der Waals surface area contributed by atoms with Crippen LogP contribution in [0, 0.1) is 11.6 Å². The van der Waals surface area contributed by atoms with Gasteiger partial charge in [-0.25, -0.2) is 8.78 Å². The molecule has 0 aliphatic heterocycles. The number of nitrogens with zero attached hydrogens (tertiary/aromatic N) is 3. The van der Waals surface area contributed by atoms with Crippen LogP contribution in [0.25, 0.3) is 10.4 Å². The van der Waals surface area contributed by atoms with Gasteiger partial charge >= 0.3 is 0 Å². The highest BCUT2D eigenvalue weighted by Crippen LogP contribution is 2.25. The van der Waals surface area contributed by atoms with Crippen LogP contribution in [0.15, 0.2) is 17.2 Å². The van der Waals surface area contributed by atoms with Crippen LogP contribution in [-0.4, -0.2) is 22.9 Å². The van der Waals surface area contributed by atoms with E-state index in [1.807, 2.05) is 0 Å².